The highest BCUT2D eigenvalue weighted by molar-refractivity contribution is 5.68. The quantitative estimate of drug-likeness (QED) is 0.0693. The summed E-state index contributed by atoms with van der Waals surface area (Å²) in [5.41, 5.74) is -2.76. The number of aliphatic hydroxyl groups is 11. The molecule has 11 N–H and O–H groups in total. The predicted molar refractivity (Wildman–Crippen MR) is 247 cm³/mol. The van der Waals surface area contributed by atoms with Gasteiger partial charge >= 0.3 is 11.9 Å². The van der Waals surface area contributed by atoms with Gasteiger partial charge in [0.2, 0.25) is 0 Å². The third kappa shape index (κ3) is 8.92. The van der Waals surface area contributed by atoms with E-state index in [2.05, 4.69) is 40.7 Å². The average molecular weight is 1030 g/mol. The number of fused-ring (bicyclic) bond motifs is 7. The Balaban J connectivity index is 1.08. The molecular weight excluding hydrogens is 949 g/mol. The number of ether oxygens (including phenoxy) is 8. The van der Waals surface area contributed by atoms with Crippen molar-refractivity contribution in [1.29, 1.82) is 0 Å². The number of hydrogen-bond acceptors (Lipinski definition) is 21. The molecule has 8 rings (SSSR count). The molecule has 0 aromatic carbocycles. The minimum absolute atomic E-state index is 0.0339. The van der Waals surface area contributed by atoms with Gasteiger partial charge in [0.1, 0.15) is 79.4 Å². The monoisotopic (exact) mass is 1030 g/mol. The van der Waals surface area contributed by atoms with E-state index in [9.17, 15) is 65.8 Å². The van der Waals surface area contributed by atoms with Gasteiger partial charge in [0, 0.05) is 19.3 Å². The van der Waals surface area contributed by atoms with Crippen LogP contribution in [0.4, 0.5) is 0 Å². The van der Waals surface area contributed by atoms with E-state index in [1.165, 1.54) is 13.8 Å². The molecule has 0 amide bonds. The standard InChI is InChI=1S/C51H82O21/c1-22(54)67-41-42(68-23(2)55)51(21-53)25(16-46(41,3)4)24-10-11-30-48(7)14-13-32(47(5,6)29(48)12-15-49(30,8)50(24,9)17-31(51)57)71-45-40(72-44-39(64)36(61)34(59)27(18-52)69-44)37(62)35(60)28(70-45)20-66-43-38(63)33(58)26(56)19-65-43/h10,25-45,52-53,56-64H,11-21H2,1-9H3/t25-,26-,27+,28+,29-,30+,31+,32-,33-,34+,35+,36-,37-,38+,39+,40+,41-,42-,43-,44-,45-,48-,49+,50+,51-/m0/s1. The highest BCUT2D eigenvalue weighted by Crippen LogP contribution is 2.76. The van der Waals surface area contributed by atoms with Crippen LogP contribution in [0.3, 0.4) is 0 Å². The molecule has 0 aromatic rings. The van der Waals surface area contributed by atoms with Gasteiger partial charge in [-0.3, -0.25) is 9.59 Å². The van der Waals surface area contributed by atoms with Gasteiger partial charge in [0.15, 0.2) is 18.9 Å². The highest BCUT2D eigenvalue weighted by atomic mass is 16.8. The van der Waals surface area contributed by atoms with Gasteiger partial charge in [-0.25, -0.2) is 0 Å². The fourth-order valence-corrected chi connectivity index (χ4v) is 15.7. The smallest absolute Gasteiger partial charge is 0.303 e. The Morgan fingerprint density at radius 2 is 1.31 bits per heavy atom. The fourth-order valence-electron chi connectivity index (χ4n) is 15.7. The van der Waals surface area contributed by atoms with Crippen LogP contribution >= 0.6 is 0 Å². The Hall–Kier alpha value is -2.00. The molecule has 21 nitrogen and oxygen atoms in total. The summed E-state index contributed by atoms with van der Waals surface area (Å²) in [4.78, 5) is 25.3. The number of allylic oxidation sites excluding steroid dienone is 2. The first-order valence-electron chi connectivity index (χ1n) is 25.8. The van der Waals surface area contributed by atoms with E-state index in [0.717, 1.165) is 18.4 Å². The Bertz CT molecular complexity index is 2000. The topological polar surface area (TPSA) is 331 Å². The minimum Gasteiger partial charge on any atom is -0.458 e. The van der Waals surface area contributed by atoms with E-state index in [1.54, 1.807) is 0 Å². The second-order valence-electron chi connectivity index (χ2n) is 24.5. The zero-order valence-electron chi connectivity index (χ0n) is 43.0. The molecule has 0 radical (unpaired) electrons. The van der Waals surface area contributed by atoms with E-state index in [1.807, 2.05) is 13.8 Å². The lowest BCUT2D eigenvalue weighted by Crippen LogP contribution is -2.72. The largest absolute Gasteiger partial charge is 0.458 e. The van der Waals surface area contributed by atoms with Crippen molar-refractivity contribution in [3.63, 3.8) is 0 Å². The zero-order chi connectivity index (χ0) is 53.0. The van der Waals surface area contributed by atoms with Gasteiger partial charge in [0.25, 0.3) is 0 Å². The summed E-state index contributed by atoms with van der Waals surface area (Å²) in [5, 5.41) is 120. The van der Waals surface area contributed by atoms with Crippen LogP contribution in [0, 0.1) is 50.2 Å². The van der Waals surface area contributed by atoms with E-state index in [0.29, 0.717) is 25.7 Å². The van der Waals surface area contributed by atoms with E-state index < -0.39 is 170 Å². The molecule has 21 heteroatoms. The van der Waals surface area contributed by atoms with Gasteiger partial charge in [-0.05, 0) is 84.4 Å². The summed E-state index contributed by atoms with van der Waals surface area (Å²) in [5.74, 6) is -1.44. The second-order valence-corrected chi connectivity index (χ2v) is 24.5. The second kappa shape index (κ2) is 20.1. The molecule has 72 heavy (non-hydrogen) atoms. The van der Waals surface area contributed by atoms with Crippen LogP contribution < -0.4 is 0 Å². The first kappa shape index (κ1) is 56.2. The molecule has 0 bridgehead atoms. The molecule has 0 aromatic heterocycles. The lowest BCUT2D eigenvalue weighted by molar-refractivity contribution is -0.381. The number of rotatable bonds is 11. The lowest BCUT2D eigenvalue weighted by Gasteiger charge is -2.72. The van der Waals surface area contributed by atoms with Crippen LogP contribution in [0.2, 0.25) is 0 Å². The van der Waals surface area contributed by atoms with Crippen LogP contribution in [0.15, 0.2) is 11.6 Å². The maximum Gasteiger partial charge on any atom is 0.303 e. The van der Waals surface area contributed by atoms with Gasteiger partial charge < -0.3 is 94.1 Å². The summed E-state index contributed by atoms with van der Waals surface area (Å²) >= 11 is 0. The first-order valence-corrected chi connectivity index (χ1v) is 25.8. The molecule has 3 heterocycles. The maximum absolute atomic E-state index is 12.8. The summed E-state index contributed by atoms with van der Waals surface area (Å²) in [6.07, 6.45) is -19.8. The number of carbonyl (C=O) groups is 2. The number of aliphatic hydroxyl groups excluding tert-OH is 11. The van der Waals surface area contributed by atoms with Crippen LogP contribution in [-0.4, -0.2) is 205 Å². The van der Waals surface area contributed by atoms with E-state index >= 15 is 0 Å². The van der Waals surface area contributed by atoms with Crippen molar-refractivity contribution in [3.8, 4) is 0 Å². The number of hydrogen-bond donors (Lipinski definition) is 11. The SMILES string of the molecule is CC(=O)O[C@H]1[C@H](OC(C)=O)[C@]2(CO)[C@H](O)C[C@]3(C)C(=CC[C@@H]4[C@@]5(C)CC[C@H](O[C@@H]6O[C@H](CO[C@@H]7OC[C@H](O)[C@H](O)[C@H]7O)[C@@H](O)[C@H](O)[C@H]6O[C@@H]6O[C@H](CO)[C@@H](O)[C@H](O)[C@H]6O)C(C)(C)[C@@H]5CC[C@]43C)[C@@H]2CC1(C)C. The zero-order valence-corrected chi connectivity index (χ0v) is 43.0. The van der Waals surface area contributed by atoms with Gasteiger partial charge in [-0.2, -0.15) is 0 Å². The van der Waals surface area contributed by atoms with Crippen molar-refractivity contribution in [2.24, 2.45) is 50.2 Å². The Kier molecular flexibility index (Phi) is 15.7. The van der Waals surface area contributed by atoms with E-state index in [-0.39, 0.29) is 35.7 Å². The average Bonchev–Trinajstić information content (AvgIpc) is 3.30. The highest BCUT2D eigenvalue weighted by Gasteiger charge is 2.74. The predicted octanol–water partition coefficient (Wildman–Crippen LogP) is -0.693. The van der Waals surface area contributed by atoms with Crippen LogP contribution in [-0.2, 0) is 47.5 Å². The summed E-state index contributed by atoms with van der Waals surface area (Å²) in [6, 6.07) is 0. The molecule has 3 saturated heterocycles. The molecule has 5 aliphatic carbocycles. The van der Waals surface area contributed by atoms with Crippen molar-refractivity contribution in [2.45, 2.75) is 218 Å². The van der Waals surface area contributed by atoms with E-state index in [4.69, 9.17) is 37.9 Å². The molecule has 7 fully saturated rings. The normalized spacial score (nSPS) is 51.8. The van der Waals surface area contributed by atoms with Crippen LogP contribution in [0.25, 0.3) is 0 Å². The van der Waals surface area contributed by atoms with Gasteiger partial charge in [-0.15, -0.1) is 0 Å². The summed E-state index contributed by atoms with van der Waals surface area (Å²) in [7, 11) is 0. The van der Waals surface area contributed by atoms with Crippen LogP contribution in [0.1, 0.15) is 107 Å². The Morgan fingerprint density at radius 1 is 0.681 bits per heavy atom. The minimum atomic E-state index is -1.86. The maximum atomic E-state index is 12.8. The first-order chi connectivity index (χ1) is 33.5. The molecule has 3 aliphatic heterocycles. The van der Waals surface area contributed by atoms with Crippen molar-refractivity contribution in [1.82, 2.24) is 0 Å². The van der Waals surface area contributed by atoms with Gasteiger partial charge in [-0.1, -0.05) is 60.1 Å². The third-order valence-corrected chi connectivity index (χ3v) is 19.8. The molecule has 8 aliphatic rings. The van der Waals surface area contributed by atoms with Crippen molar-refractivity contribution in [2.75, 3.05) is 26.4 Å². The fraction of sp³-hybridized carbons (Fsp3) is 0.922. The van der Waals surface area contributed by atoms with Crippen molar-refractivity contribution in [3.05, 3.63) is 11.6 Å². The third-order valence-electron chi connectivity index (χ3n) is 19.8. The van der Waals surface area contributed by atoms with Crippen molar-refractivity contribution < 1.29 is 104 Å². The molecule has 0 unspecified atom stereocenters. The van der Waals surface area contributed by atoms with Crippen molar-refractivity contribution >= 4 is 11.9 Å². The summed E-state index contributed by atoms with van der Waals surface area (Å²) in [6.45, 7) is 15.5. The molecule has 4 saturated carbocycles. The number of carbonyl (C=O) groups excluding carboxylic acids is 2. The molecule has 0 spiro atoms. The summed E-state index contributed by atoms with van der Waals surface area (Å²) < 4.78 is 48.1. The Labute approximate surface area is 420 Å². The van der Waals surface area contributed by atoms with Gasteiger partial charge in [0.05, 0.1) is 44.1 Å². The lowest BCUT2D eigenvalue weighted by atomic mass is 9.33. The molecular formula is C51H82O21. The number of esters is 2. The van der Waals surface area contributed by atoms with Crippen LogP contribution in [0.5, 0.6) is 0 Å². The molecule has 25 atom stereocenters. The Morgan fingerprint density at radius 3 is 1.94 bits per heavy atom. The molecule has 412 valence electrons.